The van der Waals surface area contributed by atoms with Crippen molar-refractivity contribution in [3.05, 3.63) is 20.8 Å². The zero-order valence-corrected chi connectivity index (χ0v) is 11.6. The fourth-order valence-corrected chi connectivity index (χ4v) is 2.55. The molecule has 15 heavy (non-hydrogen) atoms. The highest BCUT2D eigenvalue weighted by atomic mass is 79.9. The molecule has 0 spiro atoms. The van der Waals surface area contributed by atoms with Crippen LogP contribution in [0.15, 0.2) is 15.9 Å². The summed E-state index contributed by atoms with van der Waals surface area (Å²) >= 11 is 10.3. The molecule has 6 heteroatoms. The lowest BCUT2D eigenvalue weighted by Gasteiger charge is -2.09. The molecule has 0 aromatic carbocycles. The number of thiocarbonyl (C=S) groups is 1. The Bertz CT molecular complexity index is 317. The molecule has 0 unspecified atom stereocenters. The van der Waals surface area contributed by atoms with Crippen LogP contribution in [-0.2, 0) is 11.3 Å². The summed E-state index contributed by atoms with van der Waals surface area (Å²) < 4.78 is 6.03. The molecule has 1 rings (SSSR count). The summed E-state index contributed by atoms with van der Waals surface area (Å²) in [5.41, 5.74) is 0. The van der Waals surface area contributed by atoms with E-state index in [9.17, 15) is 0 Å². The Labute approximate surface area is 107 Å². The Kier molecular flexibility index (Phi) is 6.16. The second-order valence-corrected chi connectivity index (χ2v) is 5.06. The second kappa shape index (κ2) is 7.16. The van der Waals surface area contributed by atoms with Gasteiger partial charge >= 0.3 is 0 Å². The number of rotatable bonds is 5. The summed E-state index contributed by atoms with van der Waals surface area (Å²) in [6.45, 7) is 2.13. The quantitative estimate of drug-likeness (QED) is 0.645. The van der Waals surface area contributed by atoms with Crippen LogP contribution in [0.5, 0.6) is 0 Å². The monoisotopic (exact) mass is 308 g/mol. The van der Waals surface area contributed by atoms with E-state index in [0.29, 0.717) is 11.7 Å². The maximum Gasteiger partial charge on any atom is 0.166 e. The van der Waals surface area contributed by atoms with Gasteiger partial charge in [-0.2, -0.15) is 0 Å². The van der Waals surface area contributed by atoms with E-state index in [1.807, 2.05) is 11.4 Å². The Hall–Kier alpha value is -0.170. The molecule has 0 aliphatic heterocycles. The summed E-state index contributed by atoms with van der Waals surface area (Å²) in [7, 11) is 1.67. The van der Waals surface area contributed by atoms with Gasteiger partial charge in [-0.15, -0.1) is 11.3 Å². The second-order valence-electron chi connectivity index (χ2n) is 2.79. The highest BCUT2D eigenvalue weighted by Crippen LogP contribution is 2.21. The van der Waals surface area contributed by atoms with Crippen LogP contribution in [0.1, 0.15) is 4.88 Å². The van der Waals surface area contributed by atoms with Gasteiger partial charge < -0.3 is 15.4 Å². The van der Waals surface area contributed by atoms with Crippen LogP contribution in [0.4, 0.5) is 0 Å². The molecular weight excluding hydrogens is 296 g/mol. The minimum absolute atomic E-state index is 0.657. The van der Waals surface area contributed by atoms with Crippen molar-refractivity contribution in [3.63, 3.8) is 0 Å². The fraction of sp³-hybridized carbons (Fsp3) is 0.444. The third-order valence-electron chi connectivity index (χ3n) is 1.69. The van der Waals surface area contributed by atoms with Gasteiger partial charge in [-0.25, -0.2) is 0 Å². The van der Waals surface area contributed by atoms with E-state index in [1.165, 1.54) is 4.88 Å². The van der Waals surface area contributed by atoms with Crippen LogP contribution in [0.25, 0.3) is 0 Å². The Balaban J connectivity index is 2.20. The summed E-state index contributed by atoms with van der Waals surface area (Å²) in [4.78, 5) is 1.24. The number of nitrogens with one attached hydrogen (secondary N) is 2. The lowest BCUT2D eigenvalue weighted by atomic mass is 10.5. The van der Waals surface area contributed by atoms with E-state index < -0.39 is 0 Å². The molecule has 0 aliphatic rings. The summed E-state index contributed by atoms with van der Waals surface area (Å²) in [6.07, 6.45) is 0. The van der Waals surface area contributed by atoms with Crippen molar-refractivity contribution in [2.24, 2.45) is 0 Å². The third kappa shape index (κ3) is 4.92. The van der Waals surface area contributed by atoms with Crippen LogP contribution in [0.3, 0.4) is 0 Å². The molecular formula is C9H13BrN2OS2. The van der Waals surface area contributed by atoms with Gasteiger partial charge in [0.1, 0.15) is 0 Å². The van der Waals surface area contributed by atoms with E-state index in [4.69, 9.17) is 17.0 Å². The molecule has 3 nitrogen and oxygen atoms in total. The van der Waals surface area contributed by atoms with Crippen molar-refractivity contribution in [1.29, 1.82) is 0 Å². The predicted octanol–water partition coefficient (Wildman–Crippen LogP) is 2.12. The normalized spacial score (nSPS) is 10.0. The van der Waals surface area contributed by atoms with Crippen molar-refractivity contribution in [3.8, 4) is 0 Å². The maximum absolute atomic E-state index is 5.10. The van der Waals surface area contributed by atoms with Gasteiger partial charge in [0.25, 0.3) is 0 Å². The summed E-state index contributed by atoms with van der Waals surface area (Å²) in [5.74, 6) is 0. The molecule has 84 valence electrons. The number of halogens is 1. The molecule has 0 bridgehead atoms. The van der Waals surface area contributed by atoms with E-state index in [1.54, 1.807) is 18.4 Å². The zero-order chi connectivity index (χ0) is 11.1. The SMILES string of the molecule is COCCNC(=S)NCc1sccc1Br. The first-order valence-electron chi connectivity index (χ1n) is 4.46. The Morgan fingerprint density at radius 1 is 1.60 bits per heavy atom. The van der Waals surface area contributed by atoms with Gasteiger partial charge in [0, 0.05) is 23.0 Å². The average Bonchev–Trinajstić information content (AvgIpc) is 2.61. The van der Waals surface area contributed by atoms with E-state index in [-0.39, 0.29) is 0 Å². The van der Waals surface area contributed by atoms with Crippen LogP contribution in [0, 0.1) is 0 Å². The molecule has 1 heterocycles. The molecule has 0 aliphatic carbocycles. The molecule has 0 radical (unpaired) electrons. The number of hydrogen-bond donors (Lipinski definition) is 2. The van der Waals surface area contributed by atoms with E-state index in [0.717, 1.165) is 17.6 Å². The van der Waals surface area contributed by atoms with Gasteiger partial charge in [-0.05, 0) is 39.6 Å². The highest BCUT2D eigenvalue weighted by Gasteiger charge is 2.01. The largest absolute Gasteiger partial charge is 0.383 e. The number of ether oxygens (including phenoxy) is 1. The molecule has 0 saturated carbocycles. The van der Waals surface area contributed by atoms with Crippen molar-refractivity contribution >= 4 is 44.6 Å². The first kappa shape index (κ1) is 12.9. The zero-order valence-electron chi connectivity index (χ0n) is 8.38. The number of thiophene rings is 1. The highest BCUT2D eigenvalue weighted by molar-refractivity contribution is 9.10. The van der Waals surface area contributed by atoms with Gasteiger partial charge in [-0.3, -0.25) is 0 Å². The number of hydrogen-bond acceptors (Lipinski definition) is 3. The molecule has 2 N–H and O–H groups in total. The molecule has 1 aromatic heterocycles. The van der Waals surface area contributed by atoms with Crippen molar-refractivity contribution in [1.82, 2.24) is 10.6 Å². The van der Waals surface area contributed by atoms with Crippen molar-refractivity contribution in [2.45, 2.75) is 6.54 Å². The average molecular weight is 309 g/mol. The standard InChI is InChI=1S/C9H13BrN2OS2/c1-13-4-3-11-9(14)12-6-8-7(10)2-5-15-8/h2,5H,3-4,6H2,1H3,(H2,11,12,14). The minimum Gasteiger partial charge on any atom is -0.383 e. The first-order chi connectivity index (χ1) is 7.24. The first-order valence-corrected chi connectivity index (χ1v) is 6.54. The molecule has 1 aromatic rings. The molecule has 0 amide bonds. The Morgan fingerprint density at radius 2 is 2.40 bits per heavy atom. The fourth-order valence-electron chi connectivity index (χ4n) is 0.941. The topological polar surface area (TPSA) is 33.3 Å². The van der Waals surface area contributed by atoms with Gasteiger partial charge in [0.15, 0.2) is 5.11 Å². The van der Waals surface area contributed by atoms with E-state index in [2.05, 4.69) is 26.6 Å². The van der Waals surface area contributed by atoms with Crippen molar-refractivity contribution in [2.75, 3.05) is 20.3 Å². The van der Waals surface area contributed by atoms with Gasteiger partial charge in [0.2, 0.25) is 0 Å². The summed E-state index contributed by atoms with van der Waals surface area (Å²) in [5, 5.41) is 8.88. The minimum atomic E-state index is 0.657. The third-order valence-corrected chi connectivity index (χ3v) is 3.91. The molecule has 0 atom stereocenters. The van der Waals surface area contributed by atoms with Gasteiger partial charge in [-0.1, -0.05) is 0 Å². The summed E-state index contributed by atoms with van der Waals surface area (Å²) in [6, 6.07) is 2.03. The lowest BCUT2D eigenvalue weighted by Crippen LogP contribution is -2.36. The smallest absolute Gasteiger partial charge is 0.166 e. The van der Waals surface area contributed by atoms with E-state index >= 15 is 0 Å². The van der Waals surface area contributed by atoms with Crippen LogP contribution in [-0.4, -0.2) is 25.4 Å². The molecule has 0 saturated heterocycles. The Morgan fingerprint density at radius 3 is 3.00 bits per heavy atom. The lowest BCUT2D eigenvalue weighted by molar-refractivity contribution is 0.204. The van der Waals surface area contributed by atoms with Gasteiger partial charge in [0.05, 0.1) is 13.2 Å². The van der Waals surface area contributed by atoms with Crippen molar-refractivity contribution < 1.29 is 4.74 Å². The van der Waals surface area contributed by atoms with Crippen LogP contribution < -0.4 is 10.6 Å². The maximum atomic E-state index is 5.10. The predicted molar refractivity (Wildman–Crippen MR) is 71.3 cm³/mol. The van der Waals surface area contributed by atoms with Crippen LogP contribution >= 0.6 is 39.5 Å². The molecule has 0 fully saturated rings. The number of methoxy groups -OCH3 is 1. The van der Waals surface area contributed by atoms with Crippen LogP contribution in [0.2, 0.25) is 0 Å².